The Labute approximate surface area is 121 Å². The van der Waals surface area contributed by atoms with Crippen molar-refractivity contribution in [2.24, 2.45) is 0 Å². The smallest absolute Gasteiger partial charge is 0.465 e. The van der Waals surface area contributed by atoms with Gasteiger partial charge >= 0.3 is 18.5 Å². The number of ether oxygens (including phenoxy) is 2. The number of pyridine rings is 1. The summed E-state index contributed by atoms with van der Waals surface area (Å²) in [6.45, 7) is 0. The summed E-state index contributed by atoms with van der Waals surface area (Å²) in [7, 11) is 0.871. The molecule has 1 rings (SSSR count). The van der Waals surface area contributed by atoms with Crippen molar-refractivity contribution in [1.29, 1.82) is 0 Å². The zero-order chi connectivity index (χ0) is 15.7. The number of nitrogens with zero attached hydrogens (tertiary/aromatic N) is 1. The van der Waals surface area contributed by atoms with Crippen LogP contribution >= 0.6 is 22.6 Å². The van der Waals surface area contributed by atoms with Gasteiger partial charge in [0.05, 0.1) is 16.2 Å². The molecule has 0 N–H and O–H groups in total. The first-order valence-electron chi connectivity index (χ1n) is 4.57. The SMILES string of the molecule is COC(=O)c1cc(OC(F)(F)F)nc(C(F)(F)F)c1I. The first-order valence-corrected chi connectivity index (χ1v) is 5.65. The van der Waals surface area contributed by atoms with Crippen LogP contribution in [0.5, 0.6) is 5.88 Å². The Hall–Kier alpha value is -1.27. The molecular weight excluding hydrogens is 411 g/mol. The van der Waals surface area contributed by atoms with Crippen LogP contribution in [-0.2, 0) is 10.9 Å². The number of methoxy groups -OCH3 is 1. The van der Waals surface area contributed by atoms with Gasteiger partial charge in [-0.3, -0.25) is 0 Å². The van der Waals surface area contributed by atoms with Gasteiger partial charge in [-0.05, 0) is 22.6 Å². The first kappa shape index (κ1) is 16.8. The number of carbonyl (C=O) groups excluding carboxylic acids is 1. The molecule has 0 saturated carbocycles. The molecule has 4 nitrogen and oxygen atoms in total. The van der Waals surface area contributed by atoms with Gasteiger partial charge in [0.25, 0.3) is 0 Å². The van der Waals surface area contributed by atoms with Crippen LogP contribution in [-0.4, -0.2) is 24.4 Å². The summed E-state index contributed by atoms with van der Waals surface area (Å²) in [6.07, 6.45) is -10.3. The Morgan fingerprint density at radius 3 is 2.20 bits per heavy atom. The first-order chi connectivity index (χ1) is 8.95. The van der Waals surface area contributed by atoms with Crippen molar-refractivity contribution in [1.82, 2.24) is 4.98 Å². The summed E-state index contributed by atoms with van der Waals surface area (Å²) in [5.74, 6) is -2.64. The Morgan fingerprint density at radius 1 is 1.25 bits per heavy atom. The molecule has 1 aromatic heterocycles. The lowest BCUT2D eigenvalue weighted by Crippen LogP contribution is -2.21. The summed E-state index contributed by atoms with van der Waals surface area (Å²) in [6, 6.07) is 0.427. The van der Waals surface area contributed by atoms with Crippen LogP contribution in [0.1, 0.15) is 16.1 Å². The van der Waals surface area contributed by atoms with Crippen molar-refractivity contribution in [3.63, 3.8) is 0 Å². The van der Waals surface area contributed by atoms with Crippen molar-refractivity contribution in [3.8, 4) is 5.88 Å². The van der Waals surface area contributed by atoms with E-state index in [9.17, 15) is 31.1 Å². The molecule has 1 heterocycles. The topological polar surface area (TPSA) is 48.4 Å². The molecule has 0 spiro atoms. The molecule has 0 aliphatic carbocycles. The number of hydrogen-bond acceptors (Lipinski definition) is 4. The number of carbonyl (C=O) groups is 1. The average Bonchev–Trinajstić information content (AvgIpc) is 2.26. The van der Waals surface area contributed by atoms with Crippen molar-refractivity contribution in [3.05, 3.63) is 20.9 Å². The fourth-order valence-corrected chi connectivity index (χ4v) is 1.93. The molecular formula is C9H4F6INO3. The number of rotatable bonds is 2. The van der Waals surface area contributed by atoms with Crippen molar-refractivity contribution < 1.29 is 40.6 Å². The van der Waals surface area contributed by atoms with E-state index in [2.05, 4.69) is 14.5 Å². The van der Waals surface area contributed by atoms with E-state index in [1.54, 1.807) is 0 Å². The summed E-state index contributed by atoms with van der Waals surface area (Å²) in [5.41, 5.74) is -2.39. The normalized spacial score (nSPS) is 12.2. The van der Waals surface area contributed by atoms with E-state index in [0.29, 0.717) is 6.07 Å². The van der Waals surface area contributed by atoms with Gasteiger partial charge in [0, 0.05) is 6.07 Å². The van der Waals surface area contributed by atoms with Crippen molar-refractivity contribution in [2.45, 2.75) is 12.5 Å². The Balaban J connectivity index is 3.46. The lowest BCUT2D eigenvalue weighted by atomic mass is 10.2. The molecule has 112 valence electrons. The largest absolute Gasteiger partial charge is 0.574 e. The number of alkyl halides is 6. The maximum atomic E-state index is 12.7. The van der Waals surface area contributed by atoms with Crippen LogP contribution in [0.25, 0.3) is 0 Å². The van der Waals surface area contributed by atoms with Gasteiger partial charge in [0.1, 0.15) is 0 Å². The summed E-state index contributed by atoms with van der Waals surface area (Å²) < 4.78 is 80.8. The number of aromatic nitrogens is 1. The minimum absolute atomic E-state index is 0.427. The van der Waals surface area contributed by atoms with E-state index in [4.69, 9.17) is 0 Å². The molecule has 0 radical (unpaired) electrons. The average molecular weight is 415 g/mol. The molecule has 0 unspecified atom stereocenters. The minimum atomic E-state index is -5.24. The van der Waals surface area contributed by atoms with Gasteiger partial charge in [-0.15, -0.1) is 13.2 Å². The molecule has 0 amide bonds. The quantitative estimate of drug-likeness (QED) is 0.423. The van der Waals surface area contributed by atoms with Gasteiger partial charge in [-0.1, -0.05) is 0 Å². The predicted molar refractivity (Wildman–Crippen MR) is 60.0 cm³/mol. The van der Waals surface area contributed by atoms with Crippen LogP contribution in [0.15, 0.2) is 6.07 Å². The summed E-state index contributed by atoms with van der Waals surface area (Å²) in [5, 5.41) is 0. The maximum absolute atomic E-state index is 12.7. The standard InChI is InChI=1S/C9H4F6INO3/c1-19-7(18)3-2-4(20-9(13,14)15)17-6(5(3)16)8(10,11)12/h2H,1H3. The highest BCUT2D eigenvalue weighted by atomic mass is 127. The molecule has 0 saturated heterocycles. The van der Waals surface area contributed by atoms with Gasteiger partial charge in [-0.2, -0.15) is 13.2 Å². The van der Waals surface area contributed by atoms with E-state index in [-0.39, 0.29) is 0 Å². The third-order valence-corrected chi connectivity index (χ3v) is 2.92. The van der Waals surface area contributed by atoms with Crippen LogP contribution in [0, 0.1) is 3.57 Å². The lowest BCUT2D eigenvalue weighted by Gasteiger charge is -2.14. The molecule has 0 fully saturated rings. The third kappa shape index (κ3) is 4.11. The molecule has 20 heavy (non-hydrogen) atoms. The molecule has 0 bridgehead atoms. The second-order valence-corrected chi connectivity index (χ2v) is 4.29. The van der Waals surface area contributed by atoms with Crippen LogP contribution in [0.4, 0.5) is 26.3 Å². The van der Waals surface area contributed by atoms with Crippen molar-refractivity contribution in [2.75, 3.05) is 7.11 Å². The van der Waals surface area contributed by atoms with Gasteiger partial charge < -0.3 is 9.47 Å². The number of hydrogen-bond donors (Lipinski definition) is 0. The Morgan fingerprint density at radius 2 is 1.80 bits per heavy atom. The molecule has 0 aliphatic rings. The zero-order valence-electron chi connectivity index (χ0n) is 9.40. The molecule has 1 aromatic rings. The van der Waals surface area contributed by atoms with E-state index in [1.807, 2.05) is 0 Å². The van der Waals surface area contributed by atoms with Crippen molar-refractivity contribution >= 4 is 28.6 Å². The van der Waals surface area contributed by atoms with E-state index in [0.717, 1.165) is 29.7 Å². The minimum Gasteiger partial charge on any atom is -0.465 e. The summed E-state index contributed by atoms with van der Waals surface area (Å²) >= 11 is 1.14. The maximum Gasteiger partial charge on any atom is 0.574 e. The lowest BCUT2D eigenvalue weighted by molar-refractivity contribution is -0.276. The second kappa shape index (κ2) is 5.61. The predicted octanol–water partition coefficient (Wildman–Crippen LogP) is 3.39. The molecule has 11 heteroatoms. The third-order valence-electron chi connectivity index (χ3n) is 1.83. The van der Waals surface area contributed by atoms with Gasteiger partial charge in [0.2, 0.25) is 5.88 Å². The fourth-order valence-electron chi connectivity index (χ4n) is 1.12. The van der Waals surface area contributed by atoms with E-state index >= 15 is 0 Å². The van der Waals surface area contributed by atoms with Gasteiger partial charge in [0.15, 0.2) is 5.69 Å². The zero-order valence-corrected chi connectivity index (χ0v) is 11.6. The van der Waals surface area contributed by atoms with Crippen LogP contribution in [0.3, 0.4) is 0 Å². The van der Waals surface area contributed by atoms with Crippen LogP contribution in [0.2, 0.25) is 0 Å². The molecule has 0 aromatic carbocycles. The highest BCUT2D eigenvalue weighted by Gasteiger charge is 2.39. The highest BCUT2D eigenvalue weighted by Crippen LogP contribution is 2.35. The number of esters is 1. The number of halogens is 7. The molecule has 0 aliphatic heterocycles. The van der Waals surface area contributed by atoms with E-state index in [1.165, 1.54) is 0 Å². The monoisotopic (exact) mass is 415 g/mol. The molecule has 0 atom stereocenters. The Kier molecular flexibility index (Phi) is 4.71. The second-order valence-electron chi connectivity index (χ2n) is 3.21. The summed E-state index contributed by atoms with van der Waals surface area (Å²) in [4.78, 5) is 14.0. The fraction of sp³-hybridized carbons (Fsp3) is 0.333. The van der Waals surface area contributed by atoms with Crippen LogP contribution < -0.4 is 4.74 Å². The highest BCUT2D eigenvalue weighted by molar-refractivity contribution is 14.1. The van der Waals surface area contributed by atoms with Gasteiger partial charge in [-0.25, -0.2) is 9.78 Å². The van der Waals surface area contributed by atoms with E-state index < -0.39 is 39.2 Å². The Bertz CT molecular complexity index is 528.